The lowest BCUT2D eigenvalue weighted by Gasteiger charge is -2.10. The van der Waals surface area contributed by atoms with Crippen molar-refractivity contribution in [3.05, 3.63) is 64.6 Å². The quantitative estimate of drug-likeness (QED) is 0.380. The van der Waals surface area contributed by atoms with Crippen molar-refractivity contribution in [2.45, 2.75) is 6.92 Å². The van der Waals surface area contributed by atoms with Crippen LogP contribution in [0.2, 0.25) is 0 Å². The van der Waals surface area contributed by atoms with Crippen molar-refractivity contribution in [3.63, 3.8) is 0 Å². The maximum atomic E-state index is 11.7. The van der Waals surface area contributed by atoms with Gasteiger partial charge in [0, 0.05) is 0 Å². The number of rotatable bonds is 9. The predicted molar refractivity (Wildman–Crippen MR) is 116 cm³/mol. The number of para-hydroxylation sites is 1. The van der Waals surface area contributed by atoms with Gasteiger partial charge in [0.05, 0.1) is 18.1 Å². The molecule has 0 radical (unpaired) electrons. The highest BCUT2D eigenvalue weighted by Crippen LogP contribution is 2.26. The van der Waals surface area contributed by atoms with Gasteiger partial charge in [0.1, 0.15) is 29.0 Å². The first kappa shape index (κ1) is 20.4. The molecule has 1 amide bonds. The molecule has 2 aromatic carbocycles. The van der Waals surface area contributed by atoms with E-state index in [2.05, 4.69) is 5.32 Å². The normalized spacial score (nSPS) is 15.0. The van der Waals surface area contributed by atoms with Crippen molar-refractivity contribution in [2.75, 3.05) is 26.4 Å². The average molecular weight is 416 g/mol. The summed E-state index contributed by atoms with van der Waals surface area (Å²) >= 11 is 6.25. The zero-order valence-corrected chi connectivity index (χ0v) is 17.1. The van der Waals surface area contributed by atoms with E-state index >= 15 is 0 Å². The fraction of sp³-hybridized carbons (Fsp3) is 0.238. The molecule has 0 aromatic heterocycles. The van der Waals surface area contributed by atoms with E-state index < -0.39 is 0 Å². The molecule has 7 heteroatoms. The number of aryl methyl sites for hydroxylation is 1. The van der Waals surface area contributed by atoms with Crippen LogP contribution < -0.4 is 14.8 Å². The van der Waals surface area contributed by atoms with Crippen LogP contribution in [0.15, 0.2) is 53.4 Å². The Morgan fingerprint density at radius 3 is 2.39 bits per heavy atom. The van der Waals surface area contributed by atoms with Gasteiger partial charge in [0.2, 0.25) is 0 Å². The fourth-order valence-corrected chi connectivity index (χ4v) is 3.53. The first-order valence-corrected chi connectivity index (χ1v) is 10.1. The number of nitrogens with one attached hydrogen (secondary N) is 1. The van der Waals surface area contributed by atoms with E-state index in [0.29, 0.717) is 35.7 Å². The molecule has 1 aliphatic rings. The molecule has 28 heavy (non-hydrogen) atoms. The summed E-state index contributed by atoms with van der Waals surface area (Å²) in [4.78, 5) is 12.3. The van der Waals surface area contributed by atoms with Gasteiger partial charge in [0.25, 0.3) is 5.91 Å². The van der Waals surface area contributed by atoms with Gasteiger partial charge in [-0.2, -0.15) is 0 Å². The lowest BCUT2D eigenvalue weighted by molar-refractivity contribution is -0.115. The summed E-state index contributed by atoms with van der Waals surface area (Å²) in [7, 11) is 0. The summed E-state index contributed by atoms with van der Waals surface area (Å²) < 4.78 is 17.4. The number of thioether (sulfide) groups is 1. The Morgan fingerprint density at radius 1 is 1.00 bits per heavy atom. The van der Waals surface area contributed by atoms with E-state index in [0.717, 1.165) is 22.6 Å². The van der Waals surface area contributed by atoms with E-state index in [9.17, 15) is 4.79 Å². The standard InChI is InChI=1S/C21H21NO4S2/c1-15-4-2-3-5-18(15)26-13-11-24-10-12-25-17-8-6-16(7-9-17)14-19-20(23)22-21(27)28-19/h2-9,14H,10-13H2,1H3,(H,22,23,27). The molecule has 0 atom stereocenters. The highest BCUT2D eigenvalue weighted by atomic mass is 32.2. The van der Waals surface area contributed by atoms with E-state index in [4.69, 9.17) is 26.4 Å². The minimum atomic E-state index is -0.154. The molecule has 0 saturated carbocycles. The molecule has 3 rings (SSSR count). The molecule has 1 N–H and O–H groups in total. The first-order chi connectivity index (χ1) is 13.6. The van der Waals surface area contributed by atoms with Crippen molar-refractivity contribution in [2.24, 2.45) is 0 Å². The molecular weight excluding hydrogens is 394 g/mol. The summed E-state index contributed by atoms with van der Waals surface area (Å²) in [6.07, 6.45) is 1.81. The molecule has 0 unspecified atom stereocenters. The molecule has 1 aliphatic heterocycles. The molecule has 0 aliphatic carbocycles. The number of carbonyl (C=O) groups is 1. The molecule has 1 saturated heterocycles. The highest BCUT2D eigenvalue weighted by Gasteiger charge is 2.21. The zero-order chi connectivity index (χ0) is 19.8. The monoisotopic (exact) mass is 415 g/mol. The number of hydrogen-bond donors (Lipinski definition) is 1. The number of hydrogen-bond acceptors (Lipinski definition) is 6. The number of thiocarbonyl (C=S) groups is 1. The van der Waals surface area contributed by atoms with Gasteiger partial charge in [-0.05, 0) is 42.3 Å². The Hall–Kier alpha value is -2.35. The topological polar surface area (TPSA) is 56.8 Å². The maximum absolute atomic E-state index is 11.7. The summed E-state index contributed by atoms with van der Waals surface area (Å²) in [6.45, 7) is 3.96. The lowest BCUT2D eigenvalue weighted by Crippen LogP contribution is -2.17. The van der Waals surface area contributed by atoms with Gasteiger partial charge in [-0.1, -0.05) is 54.3 Å². The third-order valence-corrected chi connectivity index (χ3v) is 5.06. The molecule has 146 valence electrons. The highest BCUT2D eigenvalue weighted by molar-refractivity contribution is 8.26. The van der Waals surface area contributed by atoms with E-state index in [1.54, 1.807) is 6.08 Å². The predicted octanol–water partition coefficient (Wildman–Crippen LogP) is 3.96. The van der Waals surface area contributed by atoms with Crippen molar-refractivity contribution in [1.82, 2.24) is 5.32 Å². The first-order valence-electron chi connectivity index (χ1n) is 8.86. The zero-order valence-electron chi connectivity index (χ0n) is 15.5. The molecule has 0 spiro atoms. The molecule has 1 fully saturated rings. The summed E-state index contributed by atoms with van der Waals surface area (Å²) in [5.74, 6) is 1.48. The minimum Gasteiger partial charge on any atom is -0.491 e. The summed E-state index contributed by atoms with van der Waals surface area (Å²) in [5, 5.41) is 2.60. The number of benzene rings is 2. The van der Waals surface area contributed by atoms with Gasteiger partial charge >= 0.3 is 0 Å². The lowest BCUT2D eigenvalue weighted by atomic mass is 10.2. The second kappa shape index (κ2) is 10.3. The molecule has 2 aromatic rings. The number of carbonyl (C=O) groups excluding carboxylic acids is 1. The third kappa shape index (κ3) is 6.09. The second-order valence-electron chi connectivity index (χ2n) is 6.00. The van der Waals surface area contributed by atoms with Gasteiger partial charge in [-0.25, -0.2) is 0 Å². The molecule has 0 bridgehead atoms. The van der Waals surface area contributed by atoms with Crippen molar-refractivity contribution >= 4 is 40.3 Å². The number of amides is 1. The van der Waals surface area contributed by atoms with Crippen LogP contribution in [0.3, 0.4) is 0 Å². The van der Waals surface area contributed by atoms with Crippen LogP contribution in [-0.4, -0.2) is 36.7 Å². The third-order valence-electron chi connectivity index (χ3n) is 3.90. The van der Waals surface area contributed by atoms with Crippen LogP contribution >= 0.6 is 24.0 Å². The minimum absolute atomic E-state index is 0.154. The second-order valence-corrected chi connectivity index (χ2v) is 7.71. The SMILES string of the molecule is Cc1ccccc1OCCOCCOc1ccc(C=C2SC(=S)NC2=O)cc1. The molecular formula is C21H21NO4S2. The smallest absolute Gasteiger partial charge is 0.263 e. The Morgan fingerprint density at radius 2 is 1.71 bits per heavy atom. The Kier molecular flexibility index (Phi) is 7.47. The Bertz CT molecular complexity index is 865. The van der Waals surface area contributed by atoms with Crippen LogP contribution in [0.25, 0.3) is 6.08 Å². The van der Waals surface area contributed by atoms with Crippen molar-refractivity contribution < 1.29 is 19.0 Å². The molecule has 5 nitrogen and oxygen atoms in total. The maximum Gasteiger partial charge on any atom is 0.263 e. The van der Waals surface area contributed by atoms with Crippen LogP contribution in [-0.2, 0) is 9.53 Å². The van der Waals surface area contributed by atoms with E-state index in [1.807, 2.05) is 55.5 Å². The Balaban J connectivity index is 1.33. The van der Waals surface area contributed by atoms with Gasteiger partial charge < -0.3 is 19.5 Å². The number of ether oxygens (including phenoxy) is 3. The largest absolute Gasteiger partial charge is 0.491 e. The summed E-state index contributed by atoms with van der Waals surface area (Å²) in [5.41, 5.74) is 2.03. The molecule has 1 heterocycles. The van der Waals surface area contributed by atoms with E-state index in [1.165, 1.54) is 11.8 Å². The van der Waals surface area contributed by atoms with Gasteiger partial charge in [-0.15, -0.1) is 0 Å². The van der Waals surface area contributed by atoms with Crippen LogP contribution in [0, 0.1) is 6.92 Å². The summed E-state index contributed by atoms with van der Waals surface area (Å²) in [6, 6.07) is 15.4. The van der Waals surface area contributed by atoms with Crippen molar-refractivity contribution in [3.8, 4) is 11.5 Å². The average Bonchev–Trinajstić information content (AvgIpc) is 3.00. The van der Waals surface area contributed by atoms with Gasteiger partial charge in [-0.3, -0.25) is 4.79 Å². The van der Waals surface area contributed by atoms with E-state index in [-0.39, 0.29) is 5.91 Å². The van der Waals surface area contributed by atoms with Crippen LogP contribution in [0.5, 0.6) is 11.5 Å². The van der Waals surface area contributed by atoms with Gasteiger partial charge in [0.15, 0.2) is 0 Å². The van der Waals surface area contributed by atoms with Crippen molar-refractivity contribution in [1.29, 1.82) is 0 Å². The fourth-order valence-electron chi connectivity index (χ4n) is 2.48. The van der Waals surface area contributed by atoms with Crippen LogP contribution in [0.1, 0.15) is 11.1 Å². The Labute approximate surface area is 174 Å². The van der Waals surface area contributed by atoms with Crippen LogP contribution in [0.4, 0.5) is 0 Å².